The first-order valence-corrected chi connectivity index (χ1v) is 9.62. The Morgan fingerprint density at radius 1 is 1.19 bits per heavy atom. The van der Waals surface area contributed by atoms with E-state index in [1.54, 1.807) is 32.0 Å². The summed E-state index contributed by atoms with van der Waals surface area (Å²) in [6.45, 7) is 3.40. The standard InChI is InChI=1S/C20H24ClN3O3/c1-12-11-17(24-27-12)23-19(25)13(2)22-20(26)18(14-5-3-4-6-14)15-7-9-16(21)10-8-15/h7-11,13-14,18H,3-6H2,1-2H3,(H,22,26)(H,23,24,25). The maximum atomic E-state index is 13.0. The molecular formula is C20H24ClN3O3. The van der Waals surface area contributed by atoms with Gasteiger partial charge in [-0.15, -0.1) is 0 Å². The maximum Gasteiger partial charge on any atom is 0.247 e. The number of benzene rings is 1. The number of carbonyl (C=O) groups is 2. The Bertz CT molecular complexity index is 797. The molecule has 2 atom stereocenters. The minimum absolute atomic E-state index is 0.136. The van der Waals surface area contributed by atoms with E-state index in [2.05, 4.69) is 15.8 Å². The minimum atomic E-state index is -0.689. The molecule has 7 heteroatoms. The summed E-state index contributed by atoms with van der Waals surface area (Å²) >= 11 is 5.99. The molecule has 2 N–H and O–H groups in total. The highest BCUT2D eigenvalue weighted by atomic mass is 35.5. The van der Waals surface area contributed by atoms with E-state index in [9.17, 15) is 9.59 Å². The monoisotopic (exact) mass is 389 g/mol. The summed E-state index contributed by atoms with van der Waals surface area (Å²) in [5, 5.41) is 9.88. The molecule has 0 saturated heterocycles. The van der Waals surface area contributed by atoms with Crippen LogP contribution in [0.4, 0.5) is 5.82 Å². The molecule has 144 valence electrons. The van der Waals surface area contributed by atoms with Crippen molar-refractivity contribution in [2.24, 2.45) is 5.92 Å². The normalized spacial score (nSPS) is 16.7. The second kappa shape index (κ2) is 8.57. The first-order chi connectivity index (χ1) is 12.9. The van der Waals surface area contributed by atoms with E-state index in [1.165, 1.54) is 0 Å². The molecule has 2 unspecified atom stereocenters. The number of aromatic nitrogens is 1. The number of nitrogens with zero attached hydrogens (tertiary/aromatic N) is 1. The molecule has 0 radical (unpaired) electrons. The summed E-state index contributed by atoms with van der Waals surface area (Å²) in [6, 6.07) is 8.33. The van der Waals surface area contributed by atoms with E-state index in [-0.39, 0.29) is 23.7 Å². The molecule has 1 aliphatic rings. The molecule has 0 spiro atoms. The van der Waals surface area contributed by atoms with Gasteiger partial charge in [0.05, 0.1) is 5.92 Å². The van der Waals surface area contributed by atoms with Crippen molar-refractivity contribution in [3.05, 3.63) is 46.7 Å². The third-order valence-corrected chi connectivity index (χ3v) is 5.27. The van der Waals surface area contributed by atoms with Crippen LogP contribution in [-0.4, -0.2) is 23.0 Å². The molecule has 1 aromatic heterocycles. The van der Waals surface area contributed by atoms with Crippen LogP contribution in [-0.2, 0) is 9.59 Å². The number of hydrogen-bond acceptors (Lipinski definition) is 4. The number of rotatable bonds is 6. The van der Waals surface area contributed by atoms with E-state index in [0.29, 0.717) is 16.6 Å². The van der Waals surface area contributed by atoms with Crippen LogP contribution in [0.2, 0.25) is 5.02 Å². The molecule has 27 heavy (non-hydrogen) atoms. The van der Waals surface area contributed by atoms with Gasteiger partial charge >= 0.3 is 0 Å². The summed E-state index contributed by atoms with van der Waals surface area (Å²) in [6.07, 6.45) is 4.28. The van der Waals surface area contributed by atoms with Gasteiger partial charge in [-0.05, 0) is 50.3 Å². The lowest BCUT2D eigenvalue weighted by Gasteiger charge is -2.25. The molecule has 6 nitrogen and oxygen atoms in total. The second-order valence-corrected chi connectivity index (χ2v) is 7.55. The van der Waals surface area contributed by atoms with E-state index in [0.717, 1.165) is 31.2 Å². The quantitative estimate of drug-likeness (QED) is 0.780. The highest BCUT2D eigenvalue weighted by Crippen LogP contribution is 2.38. The molecule has 2 aromatic rings. The number of amides is 2. The molecular weight excluding hydrogens is 366 g/mol. The Morgan fingerprint density at radius 2 is 1.85 bits per heavy atom. The zero-order chi connectivity index (χ0) is 19.4. The summed E-state index contributed by atoms with van der Waals surface area (Å²) in [5.41, 5.74) is 0.934. The molecule has 2 amide bonds. The maximum absolute atomic E-state index is 13.0. The third-order valence-electron chi connectivity index (χ3n) is 5.01. The Labute approximate surface area is 163 Å². The van der Waals surface area contributed by atoms with Gasteiger partial charge in [0, 0.05) is 11.1 Å². The van der Waals surface area contributed by atoms with Gasteiger partial charge < -0.3 is 15.2 Å². The van der Waals surface area contributed by atoms with Crippen LogP contribution in [0.1, 0.15) is 49.8 Å². The van der Waals surface area contributed by atoms with Gasteiger partial charge in [-0.2, -0.15) is 0 Å². The van der Waals surface area contributed by atoms with Crippen molar-refractivity contribution in [1.29, 1.82) is 0 Å². The summed E-state index contributed by atoms with van der Waals surface area (Å²) < 4.78 is 4.94. The fourth-order valence-electron chi connectivity index (χ4n) is 3.63. The Kier molecular flexibility index (Phi) is 6.16. The topological polar surface area (TPSA) is 84.2 Å². The van der Waals surface area contributed by atoms with E-state index < -0.39 is 6.04 Å². The summed E-state index contributed by atoms with van der Waals surface area (Å²) in [4.78, 5) is 25.4. The molecule has 1 saturated carbocycles. The van der Waals surface area contributed by atoms with E-state index in [4.69, 9.17) is 16.1 Å². The van der Waals surface area contributed by atoms with Crippen molar-refractivity contribution in [2.45, 2.75) is 51.5 Å². The van der Waals surface area contributed by atoms with Gasteiger partial charge in [0.1, 0.15) is 11.8 Å². The van der Waals surface area contributed by atoms with Gasteiger partial charge in [-0.1, -0.05) is 41.7 Å². The second-order valence-electron chi connectivity index (χ2n) is 7.12. The van der Waals surface area contributed by atoms with Gasteiger partial charge in [0.2, 0.25) is 11.8 Å². The third kappa shape index (κ3) is 4.89. The van der Waals surface area contributed by atoms with Crippen molar-refractivity contribution in [3.8, 4) is 0 Å². The van der Waals surface area contributed by atoms with Gasteiger partial charge in [-0.25, -0.2) is 0 Å². The molecule has 1 aromatic carbocycles. The number of anilines is 1. The van der Waals surface area contributed by atoms with E-state index in [1.807, 2.05) is 12.1 Å². The van der Waals surface area contributed by atoms with Crippen molar-refractivity contribution in [2.75, 3.05) is 5.32 Å². The fourth-order valence-corrected chi connectivity index (χ4v) is 3.75. The first kappa shape index (κ1) is 19.4. The summed E-state index contributed by atoms with van der Waals surface area (Å²) in [5.74, 6) is 0.463. The molecule has 1 heterocycles. The molecule has 1 fully saturated rings. The highest BCUT2D eigenvalue weighted by molar-refractivity contribution is 6.30. The highest BCUT2D eigenvalue weighted by Gasteiger charge is 2.33. The minimum Gasteiger partial charge on any atom is -0.360 e. The number of carbonyl (C=O) groups excluding carboxylic acids is 2. The molecule has 0 aliphatic heterocycles. The van der Waals surface area contributed by atoms with Crippen LogP contribution in [0.3, 0.4) is 0 Å². The van der Waals surface area contributed by atoms with Gasteiger partial charge in [0.15, 0.2) is 5.82 Å². The van der Waals surface area contributed by atoms with Crippen LogP contribution in [0.15, 0.2) is 34.9 Å². The fraction of sp³-hybridized carbons (Fsp3) is 0.450. The SMILES string of the molecule is Cc1cc(NC(=O)C(C)NC(=O)C(c2ccc(Cl)cc2)C2CCCC2)no1. The van der Waals surface area contributed by atoms with Crippen molar-refractivity contribution >= 4 is 29.2 Å². The Hall–Kier alpha value is -2.34. The lowest BCUT2D eigenvalue weighted by molar-refractivity contribution is -0.128. The van der Waals surface area contributed by atoms with Crippen molar-refractivity contribution < 1.29 is 14.1 Å². The number of halogens is 1. The Morgan fingerprint density at radius 3 is 2.44 bits per heavy atom. The largest absolute Gasteiger partial charge is 0.360 e. The van der Waals surface area contributed by atoms with Crippen LogP contribution in [0.25, 0.3) is 0 Å². The van der Waals surface area contributed by atoms with Crippen LogP contribution >= 0.6 is 11.6 Å². The van der Waals surface area contributed by atoms with Crippen LogP contribution < -0.4 is 10.6 Å². The summed E-state index contributed by atoms with van der Waals surface area (Å²) in [7, 11) is 0. The average molecular weight is 390 g/mol. The number of hydrogen-bond donors (Lipinski definition) is 2. The molecule has 3 rings (SSSR count). The number of aryl methyl sites for hydroxylation is 1. The first-order valence-electron chi connectivity index (χ1n) is 9.24. The zero-order valence-corrected chi connectivity index (χ0v) is 16.3. The lowest BCUT2D eigenvalue weighted by Crippen LogP contribution is -2.44. The average Bonchev–Trinajstić information content (AvgIpc) is 3.29. The zero-order valence-electron chi connectivity index (χ0n) is 15.5. The predicted octanol–water partition coefficient (Wildman–Crippen LogP) is 4.05. The van der Waals surface area contributed by atoms with Crippen LogP contribution in [0, 0.1) is 12.8 Å². The number of nitrogens with one attached hydrogen (secondary N) is 2. The van der Waals surface area contributed by atoms with Gasteiger partial charge in [-0.3, -0.25) is 9.59 Å². The smallest absolute Gasteiger partial charge is 0.247 e. The lowest BCUT2D eigenvalue weighted by atomic mass is 9.84. The Balaban J connectivity index is 1.69. The molecule has 0 bridgehead atoms. The van der Waals surface area contributed by atoms with Crippen molar-refractivity contribution in [1.82, 2.24) is 10.5 Å². The van der Waals surface area contributed by atoms with Gasteiger partial charge in [0.25, 0.3) is 0 Å². The predicted molar refractivity (Wildman–Crippen MR) is 104 cm³/mol. The molecule has 1 aliphatic carbocycles. The van der Waals surface area contributed by atoms with E-state index >= 15 is 0 Å². The van der Waals surface area contributed by atoms with Crippen LogP contribution in [0.5, 0.6) is 0 Å². The van der Waals surface area contributed by atoms with Crippen molar-refractivity contribution in [3.63, 3.8) is 0 Å².